The van der Waals surface area contributed by atoms with E-state index >= 15 is 0 Å². The molecular weight excluding hydrogens is 335 g/mol. The van der Waals surface area contributed by atoms with Crippen molar-refractivity contribution in [2.24, 2.45) is 0 Å². The molecule has 0 bridgehead atoms. The minimum Gasteiger partial charge on any atom is -0.341 e. The Morgan fingerprint density at radius 2 is 2.05 bits per heavy atom. The first-order valence-corrected chi connectivity index (χ1v) is 7.39. The molecule has 9 heteroatoms. The van der Waals surface area contributed by atoms with E-state index in [0.717, 1.165) is 16.6 Å². The number of carbonyl (C=O) groups is 1. The number of halogens is 3. The first-order valence-electron chi connectivity index (χ1n) is 6.17. The lowest BCUT2D eigenvalue weighted by Crippen LogP contribution is -2.31. The van der Waals surface area contributed by atoms with Crippen LogP contribution in [0.4, 0.5) is 18.9 Å². The first kappa shape index (κ1) is 16.5. The third-order valence-electron chi connectivity index (χ3n) is 2.81. The normalized spacial score (nSPS) is 11.3. The molecule has 22 heavy (non-hydrogen) atoms. The molecule has 3 N–H and O–H groups in total. The van der Waals surface area contributed by atoms with Crippen molar-refractivity contribution in [2.75, 3.05) is 5.43 Å². The number of anilines is 1. The molecule has 0 aliphatic carbocycles. The van der Waals surface area contributed by atoms with Gasteiger partial charge in [0, 0.05) is 10.6 Å². The lowest BCUT2D eigenvalue weighted by molar-refractivity contribution is -0.137. The molecule has 0 fully saturated rings. The van der Waals surface area contributed by atoms with Gasteiger partial charge in [0.15, 0.2) is 3.95 Å². The van der Waals surface area contributed by atoms with Crippen molar-refractivity contribution in [1.82, 2.24) is 10.4 Å². The molecule has 0 atom stereocenters. The van der Waals surface area contributed by atoms with Crippen LogP contribution in [0.25, 0.3) is 0 Å². The Bertz CT molecular complexity index is 737. The number of aryl methyl sites for hydroxylation is 1. The zero-order chi connectivity index (χ0) is 16.3. The van der Waals surface area contributed by atoms with Crippen LogP contribution in [-0.2, 0) is 17.4 Å². The Morgan fingerprint density at radius 3 is 2.64 bits per heavy atom. The van der Waals surface area contributed by atoms with Crippen molar-refractivity contribution in [3.05, 3.63) is 44.4 Å². The predicted octanol–water partition coefficient (Wildman–Crippen LogP) is 3.82. The van der Waals surface area contributed by atoms with Crippen LogP contribution in [-0.4, -0.2) is 10.9 Å². The summed E-state index contributed by atoms with van der Waals surface area (Å²) in [5, 5.41) is 0. The Hall–Kier alpha value is -1.87. The van der Waals surface area contributed by atoms with Gasteiger partial charge in [0.05, 0.1) is 17.7 Å². The SMILES string of the molecule is Cc1[nH]c(=S)sc1CC(=O)NNc1ccccc1C(F)(F)F. The van der Waals surface area contributed by atoms with Gasteiger partial charge in [0.1, 0.15) is 0 Å². The number of hydrogen-bond donors (Lipinski definition) is 3. The van der Waals surface area contributed by atoms with Gasteiger partial charge in [0.25, 0.3) is 0 Å². The number of benzene rings is 1. The second kappa shape index (κ2) is 6.49. The van der Waals surface area contributed by atoms with Crippen LogP contribution in [0.15, 0.2) is 24.3 Å². The number of alkyl halides is 3. The van der Waals surface area contributed by atoms with Crippen molar-refractivity contribution in [2.45, 2.75) is 19.5 Å². The van der Waals surface area contributed by atoms with Gasteiger partial charge in [-0.05, 0) is 31.3 Å². The largest absolute Gasteiger partial charge is 0.418 e. The Morgan fingerprint density at radius 1 is 1.36 bits per heavy atom. The molecule has 0 radical (unpaired) electrons. The monoisotopic (exact) mass is 347 g/mol. The van der Waals surface area contributed by atoms with Gasteiger partial charge in [-0.1, -0.05) is 12.1 Å². The Labute approximate surface area is 133 Å². The number of amides is 1. The molecule has 1 amide bonds. The van der Waals surface area contributed by atoms with E-state index in [4.69, 9.17) is 12.2 Å². The predicted molar refractivity (Wildman–Crippen MR) is 81.2 cm³/mol. The van der Waals surface area contributed by atoms with Crippen molar-refractivity contribution in [3.8, 4) is 0 Å². The highest BCUT2D eigenvalue weighted by Gasteiger charge is 2.33. The Balaban J connectivity index is 2.03. The van der Waals surface area contributed by atoms with Gasteiger partial charge in [-0.15, -0.1) is 11.3 Å². The minimum absolute atomic E-state index is 0.0326. The van der Waals surface area contributed by atoms with Crippen LogP contribution in [0.3, 0.4) is 0 Å². The smallest absolute Gasteiger partial charge is 0.341 e. The summed E-state index contributed by atoms with van der Waals surface area (Å²) in [7, 11) is 0. The van der Waals surface area contributed by atoms with Gasteiger partial charge in [-0.2, -0.15) is 13.2 Å². The third-order valence-corrected chi connectivity index (χ3v) is 4.15. The molecule has 0 aliphatic heterocycles. The molecule has 4 nitrogen and oxygen atoms in total. The van der Waals surface area contributed by atoms with Crippen LogP contribution >= 0.6 is 23.6 Å². The fourth-order valence-corrected chi connectivity index (χ4v) is 3.06. The lowest BCUT2D eigenvalue weighted by atomic mass is 10.2. The number of nitrogens with one attached hydrogen (secondary N) is 3. The van der Waals surface area contributed by atoms with Gasteiger partial charge in [-0.25, -0.2) is 0 Å². The highest BCUT2D eigenvalue weighted by Crippen LogP contribution is 2.34. The number of hydrogen-bond acceptors (Lipinski definition) is 4. The van der Waals surface area contributed by atoms with Gasteiger partial charge in [-0.3, -0.25) is 15.6 Å². The average Bonchev–Trinajstić information content (AvgIpc) is 2.74. The number of hydrazine groups is 1. The van der Waals surface area contributed by atoms with Gasteiger partial charge >= 0.3 is 6.18 Å². The molecule has 2 rings (SSSR count). The molecular formula is C13H12F3N3OS2. The highest BCUT2D eigenvalue weighted by molar-refractivity contribution is 7.73. The van der Waals surface area contributed by atoms with Gasteiger partial charge < -0.3 is 4.98 Å². The molecule has 1 aromatic carbocycles. The fraction of sp³-hybridized carbons (Fsp3) is 0.231. The van der Waals surface area contributed by atoms with E-state index in [1.807, 2.05) is 0 Å². The zero-order valence-corrected chi connectivity index (χ0v) is 13.0. The number of aromatic amines is 1. The van der Waals surface area contributed by atoms with E-state index in [1.165, 1.54) is 29.5 Å². The molecule has 1 aromatic heterocycles. The second-order valence-electron chi connectivity index (χ2n) is 4.46. The highest BCUT2D eigenvalue weighted by atomic mass is 32.1. The second-order valence-corrected chi connectivity index (χ2v) is 6.23. The molecule has 0 unspecified atom stereocenters. The third kappa shape index (κ3) is 4.08. The summed E-state index contributed by atoms with van der Waals surface area (Å²) in [5.74, 6) is -0.453. The number of aromatic nitrogens is 1. The maximum Gasteiger partial charge on any atom is 0.418 e. The van der Waals surface area contributed by atoms with Gasteiger partial charge in [0.2, 0.25) is 5.91 Å². The Kier molecular flexibility index (Phi) is 4.87. The van der Waals surface area contributed by atoms with Crippen molar-refractivity contribution < 1.29 is 18.0 Å². The summed E-state index contributed by atoms with van der Waals surface area (Å²) < 4.78 is 39.0. The average molecular weight is 347 g/mol. The van der Waals surface area contributed by atoms with Crippen LogP contribution in [0.1, 0.15) is 16.1 Å². The van der Waals surface area contributed by atoms with E-state index < -0.39 is 17.6 Å². The van der Waals surface area contributed by atoms with Crippen molar-refractivity contribution >= 4 is 35.1 Å². The topological polar surface area (TPSA) is 56.9 Å². The number of H-pyrrole nitrogens is 1. The molecule has 2 aromatic rings. The quantitative estimate of drug-likeness (QED) is 0.582. The van der Waals surface area contributed by atoms with Crippen LogP contribution in [0, 0.1) is 10.9 Å². The summed E-state index contributed by atoms with van der Waals surface area (Å²) in [4.78, 5) is 15.5. The maximum atomic E-state index is 12.8. The van der Waals surface area contributed by atoms with E-state index in [1.54, 1.807) is 6.92 Å². The summed E-state index contributed by atoms with van der Waals surface area (Å²) in [6, 6.07) is 4.92. The van der Waals surface area contributed by atoms with Crippen LogP contribution in [0.5, 0.6) is 0 Å². The van der Waals surface area contributed by atoms with E-state index in [0.29, 0.717) is 3.95 Å². The van der Waals surface area contributed by atoms with Crippen LogP contribution < -0.4 is 10.9 Å². The minimum atomic E-state index is -4.50. The standard InChI is InChI=1S/C13H12F3N3OS2/c1-7-10(22-12(21)17-7)6-11(20)19-18-9-5-3-2-4-8(9)13(14,15)16/h2-5,18H,6H2,1H3,(H,17,21)(H,19,20). The summed E-state index contributed by atoms with van der Waals surface area (Å²) in [6.45, 7) is 1.78. The van der Waals surface area contributed by atoms with E-state index in [2.05, 4.69) is 15.8 Å². The summed E-state index contributed by atoms with van der Waals surface area (Å²) >= 11 is 6.23. The maximum absolute atomic E-state index is 12.8. The molecule has 118 valence electrons. The first-order chi connectivity index (χ1) is 10.3. The number of thiazole rings is 1. The number of carbonyl (C=O) groups excluding carboxylic acids is 1. The molecule has 0 saturated heterocycles. The number of para-hydroxylation sites is 1. The zero-order valence-electron chi connectivity index (χ0n) is 11.4. The fourth-order valence-electron chi connectivity index (χ4n) is 1.77. The molecule has 0 saturated carbocycles. The van der Waals surface area contributed by atoms with Crippen molar-refractivity contribution in [3.63, 3.8) is 0 Å². The lowest BCUT2D eigenvalue weighted by Gasteiger charge is -2.14. The summed E-state index contributed by atoms with van der Waals surface area (Å²) in [5.41, 5.74) is 4.31. The molecule has 0 aliphatic rings. The number of rotatable bonds is 4. The van der Waals surface area contributed by atoms with Crippen LogP contribution in [0.2, 0.25) is 0 Å². The van der Waals surface area contributed by atoms with E-state index in [-0.39, 0.29) is 12.1 Å². The van der Waals surface area contributed by atoms with E-state index in [9.17, 15) is 18.0 Å². The summed E-state index contributed by atoms with van der Waals surface area (Å²) in [6.07, 6.45) is -4.46. The van der Waals surface area contributed by atoms with Crippen molar-refractivity contribution in [1.29, 1.82) is 0 Å². The molecule has 0 spiro atoms. The molecule has 1 heterocycles.